The molecule has 0 heterocycles. The largest absolute Gasteiger partial charge is 0.496 e. The quantitative estimate of drug-likeness (QED) is 0.879. The van der Waals surface area contributed by atoms with Crippen molar-refractivity contribution in [1.82, 2.24) is 5.32 Å². The molecule has 21 heavy (non-hydrogen) atoms. The van der Waals surface area contributed by atoms with Crippen molar-refractivity contribution in [3.05, 3.63) is 59.4 Å². The Morgan fingerprint density at radius 3 is 2.43 bits per heavy atom. The predicted octanol–water partition coefficient (Wildman–Crippen LogP) is 3.69. The SMILES string of the molecule is COc1ccc(C(C)NCc2ccccc2OC)cc1F. The van der Waals surface area contributed by atoms with Gasteiger partial charge in [0, 0.05) is 18.2 Å². The fourth-order valence-corrected chi connectivity index (χ4v) is 2.18. The number of hydrogen-bond donors (Lipinski definition) is 1. The topological polar surface area (TPSA) is 30.5 Å². The van der Waals surface area contributed by atoms with Gasteiger partial charge < -0.3 is 14.8 Å². The molecule has 0 spiro atoms. The monoisotopic (exact) mass is 289 g/mol. The second kappa shape index (κ2) is 7.09. The van der Waals surface area contributed by atoms with Crippen molar-refractivity contribution in [2.75, 3.05) is 14.2 Å². The summed E-state index contributed by atoms with van der Waals surface area (Å²) >= 11 is 0. The van der Waals surface area contributed by atoms with Crippen LogP contribution in [-0.4, -0.2) is 14.2 Å². The number of methoxy groups -OCH3 is 2. The second-order valence-electron chi connectivity index (χ2n) is 4.81. The Morgan fingerprint density at radius 1 is 1.05 bits per heavy atom. The molecule has 112 valence electrons. The van der Waals surface area contributed by atoms with Crippen LogP contribution in [0.1, 0.15) is 24.1 Å². The third-order valence-electron chi connectivity index (χ3n) is 3.47. The second-order valence-corrected chi connectivity index (χ2v) is 4.81. The maximum absolute atomic E-state index is 13.7. The first kappa shape index (κ1) is 15.3. The van der Waals surface area contributed by atoms with E-state index in [4.69, 9.17) is 9.47 Å². The van der Waals surface area contributed by atoms with Crippen molar-refractivity contribution in [1.29, 1.82) is 0 Å². The van der Waals surface area contributed by atoms with Gasteiger partial charge in [-0.25, -0.2) is 4.39 Å². The zero-order valence-corrected chi connectivity index (χ0v) is 12.5. The maximum Gasteiger partial charge on any atom is 0.165 e. The van der Waals surface area contributed by atoms with Crippen molar-refractivity contribution in [2.45, 2.75) is 19.5 Å². The van der Waals surface area contributed by atoms with Gasteiger partial charge >= 0.3 is 0 Å². The summed E-state index contributed by atoms with van der Waals surface area (Å²) in [4.78, 5) is 0. The van der Waals surface area contributed by atoms with E-state index in [1.54, 1.807) is 13.2 Å². The molecule has 0 fully saturated rings. The molecule has 4 heteroatoms. The van der Waals surface area contributed by atoms with E-state index in [1.807, 2.05) is 37.3 Å². The van der Waals surface area contributed by atoms with Crippen LogP contribution < -0.4 is 14.8 Å². The summed E-state index contributed by atoms with van der Waals surface area (Å²) in [6.45, 7) is 2.65. The van der Waals surface area contributed by atoms with Crippen molar-refractivity contribution in [3.8, 4) is 11.5 Å². The number of rotatable bonds is 6. The first-order valence-electron chi connectivity index (χ1n) is 6.84. The van der Waals surface area contributed by atoms with Crippen LogP contribution in [0.3, 0.4) is 0 Å². The molecule has 0 aliphatic carbocycles. The Balaban J connectivity index is 2.04. The van der Waals surface area contributed by atoms with Gasteiger partial charge in [-0.1, -0.05) is 24.3 Å². The molecule has 0 bridgehead atoms. The van der Waals surface area contributed by atoms with Crippen molar-refractivity contribution >= 4 is 0 Å². The first-order valence-corrected chi connectivity index (χ1v) is 6.84. The fourth-order valence-electron chi connectivity index (χ4n) is 2.18. The van der Waals surface area contributed by atoms with Crippen molar-refractivity contribution < 1.29 is 13.9 Å². The van der Waals surface area contributed by atoms with Crippen LogP contribution in [-0.2, 0) is 6.54 Å². The van der Waals surface area contributed by atoms with Crippen LogP contribution in [0.15, 0.2) is 42.5 Å². The minimum Gasteiger partial charge on any atom is -0.496 e. The van der Waals surface area contributed by atoms with Crippen LogP contribution >= 0.6 is 0 Å². The average molecular weight is 289 g/mol. The van der Waals surface area contributed by atoms with Gasteiger partial charge in [0.05, 0.1) is 14.2 Å². The van der Waals surface area contributed by atoms with Gasteiger partial charge in [-0.05, 0) is 30.7 Å². The maximum atomic E-state index is 13.7. The van der Waals surface area contributed by atoms with E-state index in [1.165, 1.54) is 13.2 Å². The molecule has 2 aromatic carbocycles. The zero-order chi connectivity index (χ0) is 15.2. The Morgan fingerprint density at radius 2 is 1.76 bits per heavy atom. The highest BCUT2D eigenvalue weighted by Crippen LogP contribution is 2.23. The van der Waals surface area contributed by atoms with E-state index in [0.717, 1.165) is 16.9 Å². The molecule has 3 nitrogen and oxygen atoms in total. The number of hydrogen-bond acceptors (Lipinski definition) is 3. The standard InChI is InChI=1S/C17H20FNO2/c1-12(13-8-9-17(21-3)15(18)10-13)19-11-14-6-4-5-7-16(14)20-2/h4-10,12,19H,11H2,1-3H3. The molecule has 0 saturated carbocycles. The summed E-state index contributed by atoms with van der Waals surface area (Å²) in [6.07, 6.45) is 0. The summed E-state index contributed by atoms with van der Waals surface area (Å²) in [5.41, 5.74) is 1.95. The van der Waals surface area contributed by atoms with Gasteiger partial charge in [0.1, 0.15) is 5.75 Å². The highest BCUT2D eigenvalue weighted by atomic mass is 19.1. The lowest BCUT2D eigenvalue weighted by Crippen LogP contribution is -2.18. The van der Waals surface area contributed by atoms with Gasteiger partial charge in [0.15, 0.2) is 11.6 Å². The van der Waals surface area contributed by atoms with Gasteiger partial charge in [-0.2, -0.15) is 0 Å². The van der Waals surface area contributed by atoms with Crippen LogP contribution in [0, 0.1) is 5.82 Å². The van der Waals surface area contributed by atoms with E-state index in [-0.39, 0.29) is 17.6 Å². The van der Waals surface area contributed by atoms with E-state index < -0.39 is 0 Å². The molecule has 2 aromatic rings. The lowest BCUT2D eigenvalue weighted by atomic mass is 10.1. The molecule has 0 radical (unpaired) electrons. The van der Waals surface area contributed by atoms with Crippen LogP contribution in [0.25, 0.3) is 0 Å². The lowest BCUT2D eigenvalue weighted by Gasteiger charge is -2.16. The molecule has 0 saturated heterocycles. The van der Waals surface area contributed by atoms with Crippen molar-refractivity contribution in [3.63, 3.8) is 0 Å². The molecule has 0 aliphatic rings. The van der Waals surface area contributed by atoms with Gasteiger partial charge in [0.25, 0.3) is 0 Å². The highest BCUT2D eigenvalue weighted by Gasteiger charge is 2.10. The smallest absolute Gasteiger partial charge is 0.165 e. The van der Waals surface area contributed by atoms with E-state index >= 15 is 0 Å². The van der Waals surface area contributed by atoms with Crippen molar-refractivity contribution in [2.24, 2.45) is 0 Å². The first-order chi connectivity index (χ1) is 10.2. The third kappa shape index (κ3) is 3.73. The van der Waals surface area contributed by atoms with E-state index in [2.05, 4.69) is 5.32 Å². The lowest BCUT2D eigenvalue weighted by molar-refractivity contribution is 0.385. The molecule has 1 unspecified atom stereocenters. The number of para-hydroxylation sites is 1. The third-order valence-corrected chi connectivity index (χ3v) is 3.47. The Hall–Kier alpha value is -2.07. The summed E-state index contributed by atoms with van der Waals surface area (Å²) in [7, 11) is 3.11. The van der Waals surface area contributed by atoms with Crippen LogP contribution in [0.2, 0.25) is 0 Å². The fraction of sp³-hybridized carbons (Fsp3) is 0.294. The molecule has 1 atom stereocenters. The van der Waals surface area contributed by atoms with Gasteiger partial charge in [-0.3, -0.25) is 0 Å². The van der Waals surface area contributed by atoms with Crippen LogP contribution in [0.4, 0.5) is 4.39 Å². The zero-order valence-electron chi connectivity index (χ0n) is 12.5. The minimum absolute atomic E-state index is 0.0234. The molecular formula is C17H20FNO2. The molecule has 0 aromatic heterocycles. The average Bonchev–Trinajstić information content (AvgIpc) is 2.52. The molecule has 0 amide bonds. The number of benzene rings is 2. The Labute approximate surface area is 124 Å². The number of halogens is 1. The minimum atomic E-state index is -0.346. The Bertz CT molecular complexity index is 601. The van der Waals surface area contributed by atoms with E-state index in [9.17, 15) is 4.39 Å². The predicted molar refractivity (Wildman–Crippen MR) is 81.2 cm³/mol. The molecule has 2 rings (SSSR count). The Kier molecular flexibility index (Phi) is 5.17. The molecule has 1 N–H and O–H groups in total. The normalized spacial score (nSPS) is 12.0. The highest BCUT2D eigenvalue weighted by molar-refractivity contribution is 5.34. The number of ether oxygens (including phenoxy) is 2. The van der Waals surface area contributed by atoms with E-state index in [0.29, 0.717) is 6.54 Å². The summed E-state index contributed by atoms with van der Waals surface area (Å²) < 4.78 is 24.0. The van der Waals surface area contributed by atoms with Crippen LogP contribution in [0.5, 0.6) is 11.5 Å². The van der Waals surface area contributed by atoms with Gasteiger partial charge in [-0.15, -0.1) is 0 Å². The molecule has 0 aliphatic heterocycles. The summed E-state index contributed by atoms with van der Waals surface area (Å²) in [5, 5.41) is 3.37. The summed E-state index contributed by atoms with van der Waals surface area (Å²) in [6, 6.07) is 12.9. The number of nitrogens with one attached hydrogen (secondary N) is 1. The molecular weight excluding hydrogens is 269 g/mol. The van der Waals surface area contributed by atoms with Gasteiger partial charge in [0.2, 0.25) is 0 Å². The summed E-state index contributed by atoms with van der Waals surface area (Å²) in [5.74, 6) is 0.759.